The zero-order valence-corrected chi connectivity index (χ0v) is 34.1. The third-order valence-electron chi connectivity index (χ3n) is 12.5. The molecule has 2 fully saturated rings. The molecule has 3 aliphatic heterocycles. The average Bonchev–Trinajstić information content (AvgIpc) is 3.25. The summed E-state index contributed by atoms with van der Waals surface area (Å²) in [5, 5.41) is 4.81. The van der Waals surface area contributed by atoms with E-state index in [9.17, 15) is 18.8 Å². The summed E-state index contributed by atoms with van der Waals surface area (Å²) in [5.41, 5.74) is 5.15. The molecular formula is C47H54F3N5O4. The number of ether oxygens (including phenoxy) is 1. The molecule has 0 spiro atoms. The molecule has 3 unspecified atom stereocenters. The van der Waals surface area contributed by atoms with E-state index in [2.05, 4.69) is 20.4 Å². The van der Waals surface area contributed by atoms with Crippen molar-refractivity contribution in [3.63, 3.8) is 0 Å². The molecule has 4 aromatic rings. The number of piperazine rings is 1. The molecule has 7 rings (SSSR count). The van der Waals surface area contributed by atoms with Crippen LogP contribution < -0.4 is 25.2 Å². The molecule has 0 saturated carbocycles. The minimum absolute atomic E-state index is 0.105. The summed E-state index contributed by atoms with van der Waals surface area (Å²) in [6, 6.07) is 21.6. The van der Waals surface area contributed by atoms with Crippen molar-refractivity contribution >= 4 is 29.6 Å². The van der Waals surface area contributed by atoms with E-state index >= 15 is 8.78 Å². The van der Waals surface area contributed by atoms with Crippen LogP contribution in [-0.2, 0) is 16.0 Å². The topological polar surface area (TPSA) is 94.2 Å². The fourth-order valence-corrected chi connectivity index (χ4v) is 9.30. The van der Waals surface area contributed by atoms with Gasteiger partial charge in [-0.1, -0.05) is 49.7 Å². The predicted molar refractivity (Wildman–Crippen MR) is 224 cm³/mol. The lowest BCUT2D eigenvalue weighted by Gasteiger charge is -2.40. The molecular weight excluding hydrogens is 756 g/mol. The zero-order valence-electron chi connectivity index (χ0n) is 34.1. The molecule has 0 radical (unpaired) electrons. The van der Waals surface area contributed by atoms with E-state index in [1.54, 1.807) is 19.1 Å². The third-order valence-corrected chi connectivity index (χ3v) is 12.5. The molecule has 3 atom stereocenters. The Hall–Kier alpha value is -5.36. The Balaban J connectivity index is 0.973. The Morgan fingerprint density at radius 3 is 2.25 bits per heavy atom. The van der Waals surface area contributed by atoms with Crippen LogP contribution in [-0.4, -0.2) is 82.6 Å². The maximum Gasteiger partial charge on any atom is 0.251 e. The SMILES string of the molecule is CCCC(Cc1cc(N2CCN(CC3CCN(c4ccc(C5c6ccccc6OCC5c5ccc(F)c(C)c5)cc4F)CC3)CC2)c(F)cc1C(=O)NC)C(=O)NC=O. The monoisotopic (exact) mass is 809 g/mol. The van der Waals surface area contributed by atoms with E-state index in [1.165, 1.54) is 19.2 Å². The summed E-state index contributed by atoms with van der Waals surface area (Å²) < 4.78 is 52.2. The lowest BCUT2D eigenvalue weighted by atomic mass is 9.75. The smallest absolute Gasteiger partial charge is 0.251 e. The first-order valence-electron chi connectivity index (χ1n) is 20.9. The van der Waals surface area contributed by atoms with Crippen molar-refractivity contribution in [2.75, 3.05) is 69.3 Å². The Bertz CT molecular complexity index is 2150. The standard InChI is InChI=1S/C47H54F3N5O4/c1-4-7-34(46(57)52-29-56)23-35-25-43(41(50)26-37(35)47(58)51-3)55-20-18-53(19-21-55)27-31-14-16-54(17-15-31)42-13-11-33(24-40(42)49)45-36-8-5-6-9-44(36)59-28-38(45)32-10-12-39(48)30(2)22-32/h5-6,8-13,22,24-26,29,31,34,38,45H,4,7,14-21,23,27-28H2,1-3H3,(H,51,58)(H,52,56,57). The Morgan fingerprint density at radius 1 is 0.847 bits per heavy atom. The third kappa shape index (κ3) is 9.28. The number of hydrogen-bond donors (Lipinski definition) is 2. The van der Waals surface area contributed by atoms with Gasteiger partial charge in [-0.25, -0.2) is 13.2 Å². The van der Waals surface area contributed by atoms with Crippen LogP contribution in [0.15, 0.2) is 72.8 Å². The van der Waals surface area contributed by atoms with Gasteiger partial charge in [0, 0.05) is 81.7 Å². The quantitative estimate of drug-likeness (QED) is 0.137. The van der Waals surface area contributed by atoms with Crippen molar-refractivity contribution in [1.29, 1.82) is 0 Å². The molecule has 3 amide bonds. The van der Waals surface area contributed by atoms with Crippen molar-refractivity contribution in [2.45, 2.75) is 57.8 Å². The van der Waals surface area contributed by atoms with Crippen molar-refractivity contribution in [3.8, 4) is 5.75 Å². The maximum atomic E-state index is 16.1. The number of halogens is 3. The van der Waals surface area contributed by atoms with Crippen molar-refractivity contribution < 1.29 is 32.3 Å². The first kappa shape index (κ1) is 41.8. The van der Waals surface area contributed by atoms with E-state index < -0.39 is 23.5 Å². The number of nitrogens with zero attached hydrogens (tertiary/aromatic N) is 3. The van der Waals surface area contributed by atoms with Crippen LogP contribution in [0.2, 0.25) is 0 Å². The molecule has 12 heteroatoms. The number of aryl methyl sites for hydroxylation is 1. The van der Waals surface area contributed by atoms with Crippen LogP contribution in [0.4, 0.5) is 24.5 Å². The minimum Gasteiger partial charge on any atom is -0.493 e. The number of carbonyl (C=O) groups excluding carboxylic acids is 3. The minimum atomic E-state index is -0.535. The highest BCUT2D eigenvalue weighted by atomic mass is 19.1. The summed E-state index contributed by atoms with van der Waals surface area (Å²) >= 11 is 0. The number of amides is 3. The van der Waals surface area contributed by atoms with Gasteiger partial charge in [0.05, 0.1) is 18.0 Å². The van der Waals surface area contributed by atoms with Gasteiger partial charge in [0.15, 0.2) is 0 Å². The first-order valence-corrected chi connectivity index (χ1v) is 20.9. The Kier molecular flexibility index (Phi) is 13.2. The highest BCUT2D eigenvalue weighted by Gasteiger charge is 2.35. The van der Waals surface area contributed by atoms with Gasteiger partial charge in [0.25, 0.3) is 5.91 Å². The molecule has 3 aliphatic rings. The van der Waals surface area contributed by atoms with E-state index in [1.807, 2.05) is 60.4 Å². The summed E-state index contributed by atoms with van der Waals surface area (Å²) in [4.78, 5) is 43.0. The van der Waals surface area contributed by atoms with Gasteiger partial charge in [0.2, 0.25) is 12.3 Å². The normalized spacial score (nSPS) is 19.1. The molecule has 0 aromatic heterocycles. The van der Waals surface area contributed by atoms with E-state index in [-0.39, 0.29) is 35.5 Å². The summed E-state index contributed by atoms with van der Waals surface area (Å²) in [5.74, 6) is -1.40. The molecule has 0 aliphatic carbocycles. The number of anilines is 2. The average molecular weight is 810 g/mol. The van der Waals surface area contributed by atoms with Crippen molar-refractivity contribution in [2.24, 2.45) is 11.8 Å². The van der Waals surface area contributed by atoms with Gasteiger partial charge in [-0.3, -0.25) is 24.6 Å². The lowest BCUT2D eigenvalue weighted by Crippen LogP contribution is -2.49. The second kappa shape index (κ2) is 18.7. The number of nitrogens with one attached hydrogen (secondary N) is 2. The number of para-hydroxylation sites is 1. The van der Waals surface area contributed by atoms with Crippen LogP contribution in [0.5, 0.6) is 5.75 Å². The molecule has 3 heterocycles. The number of rotatable bonds is 13. The van der Waals surface area contributed by atoms with Crippen LogP contribution in [0, 0.1) is 36.2 Å². The maximum absolute atomic E-state index is 16.1. The molecule has 0 bridgehead atoms. The lowest BCUT2D eigenvalue weighted by molar-refractivity contribution is -0.128. The van der Waals surface area contributed by atoms with Crippen LogP contribution in [0.25, 0.3) is 0 Å². The molecule has 2 N–H and O–H groups in total. The highest BCUT2D eigenvalue weighted by molar-refractivity contribution is 5.96. The fraction of sp³-hybridized carbons (Fsp3) is 0.426. The van der Waals surface area contributed by atoms with Crippen LogP contribution >= 0.6 is 0 Å². The van der Waals surface area contributed by atoms with Gasteiger partial charge in [-0.2, -0.15) is 0 Å². The van der Waals surface area contributed by atoms with Gasteiger partial charge >= 0.3 is 0 Å². The Labute approximate surface area is 344 Å². The second-order valence-corrected chi connectivity index (χ2v) is 16.2. The van der Waals surface area contributed by atoms with Gasteiger partial charge in [-0.05, 0) is 97.2 Å². The predicted octanol–water partition coefficient (Wildman–Crippen LogP) is 7.35. The molecule has 4 aromatic carbocycles. The second-order valence-electron chi connectivity index (χ2n) is 16.2. The van der Waals surface area contributed by atoms with Crippen molar-refractivity contribution in [1.82, 2.24) is 15.5 Å². The zero-order chi connectivity index (χ0) is 41.6. The number of fused-ring (bicyclic) bond motifs is 1. The molecule has 9 nitrogen and oxygen atoms in total. The van der Waals surface area contributed by atoms with Gasteiger partial charge in [0.1, 0.15) is 23.2 Å². The number of benzene rings is 4. The summed E-state index contributed by atoms with van der Waals surface area (Å²) in [6.07, 6.45) is 3.65. The first-order chi connectivity index (χ1) is 28.6. The summed E-state index contributed by atoms with van der Waals surface area (Å²) in [6.45, 7) is 9.21. The number of piperidine rings is 1. The Morgan fingerprint density at radius 2 is 1.56 bits per heavy atom. The summed E-state index contributed by atoms with van der Waals surface area (Å²) in [7, 11) is 1.49. The fourth-order valence-electron chi connectivity index (χ4n) is 9.30. The van der Waals surface area contributed by atoms with E-state index in [0.29, 0.717) is 67.4 Å². The van der Waals surface area contributed by atoms with E-state index in [0.717, 1.165) is 68.0 Å². The molecule has 59 heavy (non-hydrogen) atoms. The number of imide groups is 1. The van der Waals surface area contributed by atoms with Crippen LogP contribution in [0.3, 0.4) is 0 Å². The van der Waals surface area contributed by atoms with Crippen LogP contribution in [0.1, 0.15) is 82.6 Å². The van der Waals surface area contributed by atoms with E-state index in [4.69, 9.17) is 4.74 Å². The van der Waals surface area contributed by atoms with Gasteiger partial charge in [-0.15, -0.1) is 0 Å². The van der Waals surface area contributed by atoms with Crippen molar-refractivity contribution in [3.05, 3.63) is 124 Å². The largest absolute Gasteiger partial charge is 0.493 e. The number of carbonyl (C=O) groups is 3. The van der Waals surface area contributed by atoms with Gasteiger partial charge < -0.3 is 19.9 Å². The highest BCUT2D eigenvalue weighted by Crippen LogP contribution is 2.47. The number of hydrogen-bond acceptors (Lipinski definition) is 7. The molecule has 312 valence electrons. The molecule has 2 saturated heterocycles.